The summed E-state index contributed by atoms with van der Waals surface area (Å²) in [6.07, 6.45) is -8.34. The number of methoxy groups -OCH3 is 1. The maximum Gasteiger partial charge on any atom is 0.573 e. The highest BCUT2D eigenvalue weighted by molar-refractivity contribution is 6.07. The van der Waals surface area contributed by atoms with Gasteiger partial charge in [-0.25, -0.2) is 17.6 Å². The number of nitrogens with two attached hydrogens (primary N) is 1. The zero-order valence-corrected chi connectivity index (χ0v) is 18.5. The van der Waals surface area contributed by atoms with Crippen molar-refractivity contribution in [1.29, 1.82) is 0 Å². The van der Waals surface area contributed by atoms with Crippen LogP contribution < -0.4 is 25.3 Å². The molecule has 14 heteroatoms. The van der Waals surface area contributed by atoms with Crippen molar-refractivity contribution in [3.8, 4) is 23.0 Å². The van der Waals surface area contributed by atoms with Crippen LogP contribution in [0.25, 0.3) is 0 Å². The van der Waals surface area contributed by atoms with Gasteiger partial charge < -0.3 is 25.3 Å². The van der Waals surface area contributed by atoms with Crippen molar-refractivity contribution in [2.24, 2.45) is 5.73 Å². The molecule has 0 radical (unpaired) electrons. The van der Waals surface area contributed by atoms with E-state index in [0.717, 1.165) is 49.6 Å². The Bertz CT molecular complexity index is 1350. The van der Waals surface area contributed by atoms with Gasteiger partial charge in [0.25, 0.3) is 18.2 Å². The van der Waals surface area contributed by atoms with E-state index in [-0.39, 0.29) is 17.2 Å². The lowest BCUT2D eigenvalue weighted by molar-refractivity contribution is -0.274. The van der Waals surface area contributed by atoms with E-state index >= 15 is 4.39 Å². The molecule has 0 heterocycles. The third-order valence-electron chi connectivity index (χ3n) is 4.67. The van der Waals surface area contributed by atoms with Crippen molar-refractivity contribution in [2.75, 3.05) is 12.4 Å². The Hall–Kier alpha value is -4.49. The van der Waals surface area contributed by atoms with Gasteiger partial charge in [0.2, 0.25) is 0 Å². The molecule has 0 fully saturated rings. The predicted molar refractivity (Wildman–Crippen MR) is 114 cm³/mol. The van der Waals surface area contributed by atoms with Crippen molar-refractivity contribution in [2.45, 2.75) is 12.8 Å². The fourth-order valence-corrected chi connectivity index (χ4v) is 3.07. The first-order valence-corrected chi connectivity index (χ1v) is 9.93. The summed E-state index contributed by atoms with van der Waals surface area (Å²) in [5.74, 6) is -7.16. The summed E-state index contributed by atoms with van der Waals surface area (Å²) in [5, 5.41) is 2.12. The van der Waals surface area contributed by atoms with Gasteiger partial charge in [0, 0.05) is 11.8 Å². The van der Waals surface area contributed by atoms with Gasteiger partial charge in [-0.2, -0.15) is 0 Å². The Balaban J connectivity index is 2.03. The molecule has 3 rings (SSSR count). The first-order chi connectivity index (χ1) is 17.3. The average molecular weight is 532 g/mol. The number of rotatable bonds is 8. The molecule has 37 heavy (non-hydrogen) atoms. The number of alkyl halides is 5. The van der Waals surface area contributed by atoms with Crippen molar-refractivity contribution in [3.05, 3.63) is 76.9 Å². The highest BCUT2D eigenvalue weighted by atomic mass is 19.4. The van der Waals surface area contributed by atoms with Gasteiger partial charge in [0.05, 0.1) is 18.2 Å². The summed E-state index contributed by atoms with van der Waals surface area (Å²) in [5.41, 5.74) is 2.02. The minimum atomic E-state index is -5.01. The van der Waals surface area contributed by atoms with Crippen LogP contribution in [-0.4, -0.2) is 25.3 Å². The topological polar surface area (TPSA) is 99.9 Å². The van der Waals surface area contributed by atoms with Crippen molar-refractivity contribution in [3.63, 3.8) is 0 Å². The predicted octanol–water partition coefficient (Wildman–Crippen LogP) is 5.95. The first kappa shape index (κ1) is 27.1. The molecular weight excluding hydrogens is 517 g/mol. The van der Waals surface area contributed by atoms with Gasteiger partial charge >= 0.3 is 6.36 Å². The molecule has 3 aromatic carbocycles. The monoisotopic (exact) mass is 532 g/mol. The lowest BCUT2D eigenvalue weighted by Crippen LogP contribution is -2.18. The lowest BCUT2D eigenvalue weighted by Gasteiger charge is -2.17. The Morgan fingerprint density at radius 3 is 2.22 bits per heavy atom. The van der Waals surface area contributed by atoms with Crippen molar-refractivity contribution >= 4 is 17.5 Å². The van der Waals surface area contributed by atoms with Gasteiger partial charge in [-0.3, -0.25) is 9.59 Å². The number of halogens is 7. The standard InChI is InChI=1S/C23H15F7N2O5/c1-35-17-9-11(37-23(28,29)30)3-6-15(17)36-16-7-4-12(20(26)27)19(25)18(16)22(34)32-10-2-5-14(24)13(8-10)21(31)33/h2-9,20H,1H3,(H2,31,33)(H,32,34). The molecule has 2 amide bonds. The van der Waals surface area contributed by atoms with Crippen molar-refractivity contribution < 1.29 is 54.5 Å². The quantitative estimate of drug-likeness (QED) is 0.349. The number of amides is 2. The third-order valence-corrected chi connectivity index (χ3v) is 4.67. The number of carbonyl (C=O) groups excluding carboxylic acids is 2. The van der Waals surface area contributed by atoms with E-state index in [2.05, 4.69) is 10.1 Å². The molecule has 0 unspecified atom stereocenters. The van der Waals surface area contributed by atoms with E-state index in [9.17, 15) is 35.9 Å². The SMILES string of the molecule is COc1cc(OC(F)(F)F)ccc1Oc1ccc(C(F)F)c(F)c1C(=O)Nc1ccc(F)c(C(N)=O)c1. The Morgan fingerprint density at radius 1 is 0.946 bits per heavy atom. The fraction of sp³-hybridized carbons (Fsp3) is 0.130. The fourth-order valence-electron chi connectivity index (χ4n) is 3.07. The van der Waals surface area contributed by atoms with Crippen LogP contribution in [0.3, 0.4) is 0 Å². The molecule has 196 valence electrons. The van der Waals surface area contributed by atoms with Crippen LogP contribution in [0.15, 0.2) is 48.5 Å². The van der Waals surface area contributed by atoms with E-state index in [1.54, 1.807) is 0 Å². The molecule has 0 aliphatic carbocycles. The van der Waals surface area contributed by atoms with Crippen LogP contribution in [-0.2, 0) is 0 Å². The summed E-state index contributed by atoms with van der Waals surface area (Å²) in [6.45, 7) is 0. The largest absolute Gasteiger partial charge is 0.573 e. The number of nitrogens with one attached hydrogen (secondary N) is 1. The number of anilines is 1. The normalized spacial score (nSPS) is 11.3. The second-order valence-electron chi connectivity index (χ2n) is 7.12. The van der Waals surface area contributed by atoms with Gasteiger partial charge in [0.1, 0.15) is 28.7 Å². The maximum atomic E-state index is 15.0. The molecule has 3 N–H and O–H groups in total. The summed E-state index contributed by atoms with van der Waals surface area (Å²) in [6, 6.07) is 6.66. The molecule has 0 saturated heterocycles. The smallest absolute Gasteiger partial charge is 0.493 e. The molecular formula is C23H15F7N2O5. The van der Waals surface area contributed by atoms with E-state index in [1.165, 1.54) is 0 Å². The van der Waals surface area contributed by atoms with E-state index in [0.29, 0.717) is 6.07 Å². The minimum Gasteiger partial charge on any atom is -0.493 e. The molecule has 0 aliphatic rings. The summed E-state index contributed by atoms with van der Waals surface area (Å²) in [7, 11) is 1.07. The Labute approximate surface area is 203 Å². The molecule has 0 bridgehead atoms. The molecule has 0 spiro atoms. The molecule has 0 saturated carbocycles. The average Bonchev–Trinajstić information content (AvgIpc) is 2.79. The van der Waals surface area contributed by atoms with Crippen LogP contribution in [0.4, 0.5) is 36.4 Å². The van der Waals surface area contributed by atoms with Crippen LogP contribution in [0.2, 0.25) is 0 Å². The van der Waals surface area contributed by atoms with Crippen LogP contribution in [0.5, 0.6) is 23.0 Å². The molecule has 0 atom stereocenters. The number of carbonyl (C=O) groups is 2. The zero-order valence-electron chi connectivity index (χ0n) is 18.5. The number of primary amides is 1. The van der Waals surface area contributed by atoms with Gasteiger partial charge in [-0.05, 0) is 42.5 Å². The number of ether oxygens (including phenoxy) is 3. The molecule has 3 aromatic rings. The molecule has 7 nitrogen and oxygen atoms in total. The highest BCUT2D eigenvalue weighted by Gasteiger charge is 2.32. The van der Waals surface area contributed by atoms with E-state index in [4.69, 9.17) is 15.2 Å². The summed E-state index contributed by atoms with van der Waals surface area (Å²) < 4.78 is 107. The summed E-state index contributed by atoms with van der Waals surface area (Å²) in [4.78, 5) is 24.2. The zero-order chi connectivity index (χ0) is 27.5. The van der Waals surface area contributed by atoms with E-state index < -0.39 is 64.4 Å². The Kier molecular flexibility index (Phi) is 7.79. The third kappa shape index (κ3) is 6.39. The second kappa shape index (κ2) is 10.6. The van der Waals surface area contributed by atoms with Gasteiger partial charge in [-0.1, -0.05) is 0 Å². The van der Waals surface area contributed by atoms with Crippen LogP contribution in [0, 0.1) is 11.6 Å². The Morgan fingerprint density at radius 2 is 1.62 bits per heavy atom. The van der Waals surface area contributed by atoms with Gasteiger partial charge in [0.15, 0.2) is 11.5 Å². The molecule has 0 aromatic heterocycles. The lowest BCUT2D eigenvalue weighted by atomic mass is 10.1. The van der Waals surface area contributed by atoms with Crippen LogP contribution in [0.1, 0.15) is 32.7 Å². The summed E-state index contributed by atoms with van der Waals surface area (Å²) >= 11 is 0. The highest BCUT2D eigenvalue weighted by Crippen LogP contribution is 2.39. The van der Waals surface area contributed by atoms with E-state index in [1.807, 2.05) is 0 Å². The molecule has 0 aliphatic heterocycles. The minimum absolute atomic E-state index is 0.237. The van der Waals surface area contributed by atoms with Gasteiger partial charge in [-0.15, -0.1) is 13.2 Å². The number of benzene rings is 3. The maximum absolute atomic E-state index is 15.0. The second-order valence-corrected chi connectivity index (χ2v) is 7.12. The number of hydrogen-bond donors (Lipinski definition) is 2. The van der Waals surface area contributed by atoms with Crippen LogP contribution >= 0.6 is 0 Å². The number of hydrogen-bond acceptors (Lipinski definition) is 5. The first-order valence-electron chi connectivity index (χ1n) is 9.93. The van der Waals surface area contributed by atoms with Crippen molar-refractivity contribution in [1.82, 2.24) is 0 Å².